The van der Waals surface area contributed by atoms with E-state index in [0.29, 0.717) is 0 Å². The summed E-state index contributed by atoms with van der Waals surface area (Å²) in [7, 11) is 1.45. The maximum Gasteiger partial charge on any atom is 0.323 e. The summed E-state index contributed by atoms with van der Waals surface area (Å²) in [4.78, 5) is 24.2. The van der Waals surface area contributed by atoms with Crippen LogP contribution in [0.25, 0.3) is 5.69 Å². The van der Waals surface area contributed by atoms with Gasteiger partial charge in [-0.25, -0.2) is 4.68 Å². The molecule has 116 valence electrons. The molecular weight excluding hydrogens is 282 g/mol. The number of carboxylic acid groups (broad SMARTS) is 1. The van der Waals surface area contributed by atoms with Gasteiger partial charge >= 0.3 is 5.97 Å². The zero-order valence-electron chi connectivity index (χ0n) is 12.9. The standard InChI is InChI=1S/C16H19N3O3/c1-11(2)14-9-13(16(22)18(3)10-15(20)21)17-19(14)12-7-5-4-6-8-12/h4-9,11H,10H2,1-3H3,(H,20,21). The van der Waals surface area contributed by atoms with Gasteiger partial charge in [-0.15, -0.1) is 0 Å². The van der Waals surface area contributed by atoms with Gasteiger partial charge in [-0.3, -0.25) is 9.59 Å². The number of carboxylic acids is 1. The highest BCUT2D eigenvalue weighted by Gasteiger charge is 2.21. The minimum atomic E-state index is -1.05. The first-order chi connectivity index (χ1) is 10.4. The van der Waals surface area contributed by atoms with Gasteiger partial charge in [0.15, 0.2) is 5.69 Å². The molecule has 1 aromatic heterocycles. The Labute approximate surface area is 129 Å². The van der Waals surface area contributed by atoms with Crippen molar-refractivity contribution in [2.45, 2.75) is 19.8 Å². The fourth-order valence-corrected chi connectivity index (χ4v) is 2.16. The minimum absolute atomic E-state index is 0.180. The smallest absolute Gasteiger partial charge is 0.323 e. The second-order valence-corrected chi connectivity index (χ2v) is 5.41. The van der Waals surface area contributed by atoms with E-state index < -0.39 is 11.9 Å². The highest BCUT2D eigenvalue weighted by Crippen LogP contribution is 2.20. The number of benzene rings is 1. The number of carbonyl (C=O) groups excluding carboxylic acids is 1. The lowest BCUT2D eigenvalue weighted by Gasteiger charge is -2.12. The molecule has 6 heteroatoms. The van der Waals surface area contributed by atoms with Gasteiger partial charge in [-0.05, 0) is 24.1 Å². The minimum Gasteiger partial charge on any atom is -0.480 e. The summed E-state index contributed by atoms with van der Waals surface area (Å²) in [6.07, 6.45) is 0. The number of rotatable bonds is 5. The number of aliphatic carboxylic acids is 1. The Morgan fingerprint density at radius 1 is 1.27 bits per heavy atom. The Balaban J connectivity index is 2.39. The number of amides is 1. The fourth-order valence-electron chi connectivity index (χ4n) is 2.16. The number of aromatic nitrogens is 2. The van der Waals surface area contributed by atoms with Crippen LogP contribution in [0.4, 0.5) is 0 Å². The Morgan fingerprint density at radius 2 is 1.91 bits per heavy atom. The molecule has 0 saturated carbocycles. The molecular formula is C16H19N3O3. The molecule has 0 spiro atoms. The van der Waals surface area contributed by atoms with Gasteiger partial charge in [0.05, 0.1) is 5.69 Å². The first-order valence-electron chi connectivity index (χ1n) is 7.02. The van der Waals surface area contributed by atoms with Gasteiger partial charge in [0.1, 0.15) is 6.54 Å². The number of para-hydroxylation sites is 1. The van der Waals surface area contributed by atoms with E-state index in [4.69, 9.17) is 5.11 Å². The number of nitrogens with zero attached hydrogens (tertiary/aromatic N) is 3. The van der Waals surface area contributed by atoms with E-state index in [2.05, 4.69) is 5.10 Å². The van der Waals surface area contributed by atoms with Crippen LogP contribution in [0.5, 0.6) is 0 Å². The molecule has 1 aromatic carbocycles. The summed E-state index contributed by atoms with van der Waals surface area (Å²) in [6.45, 7) is 3.69. The third-order valence-electron chi connectivity index (χ3n) is 3.27. The van der Waals surface area contributed by atoms with Crippen LogP contribution in [-0.4, -0.2) is 45.3 Å². The molecule has 0 bridgehead atoms. The van der Waals surface area contributed by atoms with Crippen molar-refractivity contribution >= 4 is 11.9 Å². The van der Waals surface area contributed by atoms with Gasteiger partial charge in [0, 0.05) is 12.7 Å². The fraction of sp³-hybridized carbons (Fsp3) is 0.312. The highest BCUT2D eigenvalue weighted by atomic mass is 16.4. The largest absolute Gasteiger partial charge is 0.480 e. The number of hydrogen-bond donors (Lipinski definition) is 1. The summed E-state index contributed by atoms with van der Waals surface area (Å²) in [5.41, 5.74) is 2.01. The lowest BCUT2D eigenvalue weighted by Crippen LogP contribution is -2.32. The predicted molar refractivity (Wildman–Crippen MR) is 82.2 cm³/mol. The third-order valence-corrected chi connectivity index (χ3v) is 3.27. The van der Waals surface area contributed by atoms with Crippen molar-refractivity contribution in [3.63, 3.8) is 0 Å². The van der Waals surface area contributed by atoms with Crippen LogP contribution < -0.4 is 0 Å². The molecule has 6 nitrogen and oxygen atoms in total. The van der Waals surface area contributed by atoms with Crippen LogP contribution in [0.2, 0.25) is 0 Å². The molecule has 0 saturated heterocycles. The summed E-state index contributed by atoms with van der Waals surface area (Å²) in [5, 5.41) is 13.1. The van der Waals surface area contributed by atoms with Crippen molar-refractivity contribution in [2.75, 3.05) is 13.6 Å². The van der Waals surface area contributed by atoms with Gasteiger partial charge < -0.3 is 10.0 Å². The Hall–Kier alpha value is -2.63. The average molecular weight is 301 g/mol. The highest BCUT2D eigenvalue weighted by molar-refractivity contribution is 5.94. The van der Waals surface area contributed by atoms with Gasteiger partial charge in [0.2, 0.25) is 0 Å². The molecule has 0 atom stereocenters. The lowest BCUT2D eigenvalue weighted by molar-refractivity contribution is -0.137. The van der Waals surface area contributed by atoms with Crippen molar-refractivity contribution in [3.8, 4) is 5.69 Å². The molecule has 1 amide bonds. The summed E-state index contributed by atoms with van der Waals surface area (Å²) < 4.78 is 1.73. The van der Waals surface area contributed by atoms with E-state index in [0.717, 1.165) is 16.3 Å². The van der Waals surface area contributed by atoms with Crippen molar-refractivity contribution in [3.05, 3.63) is 47.8 Å². The summed E-state index contributed by atoms with van der Waals surface area (Å²) in [5.74, 6) is -1.28. The quantitative estimate of drug-likeness (QED) is 0.918. The van der Waals surface area contributed by atoms with Crippen LogP contribution in [-0.2, 0) is 4.79 Å². The zero-order valence-corrected chi connectivity index (χ0v) is 12.9. The Bertz CT molecular complexity index is 677. The molecule has 0 aliphatic heterocycles. The third kappa shape index (κ3) is 3.33. The Kier molecular flexibility index (Phi) is 4.60. The van der Waals surface area contributed by atoms with E-state index in [1.54, 1.807) is 10.7 Å². The van der Waals surface area contributed by atoms with Crippen LogP contribution in [0.1, 0.15) is 35.9 Å². The molecule has 1 N–H and O–H groups in total. The van der Waals surface area contributed by atoms with Crippen molar-refractivity contribution in [1.29, 1.82) is 0 Å². The second kappa shape index (κ2) is 6.43. The normalized spacial score (nSPS) is 10.7. The average Bonchev–Trinajstić information content (AvgIpc) is 2.92. The van der Waals surface area contributed by atoms with Gasteiger partial charge in [-0.1, -0.05) is 32.0 Å². The number of hydrogen-bond acceptors (Lipinski definition) is 3. The summed E-state index contributed by atoms with van der Waals surface area (Å²) in [6, 6.07) is 11.3. The predicted octanol–water partition coefficient (Wildman–Crippen LogP) is 2.15. The molecule has 0 aliphatic rings. The maximum atomic E-state index is 12.3. The van der Waals surface area contributed by atoms with E-state index in [1.807, 2.05) is 44.2 Å². The molecule has 0 aliphatic carbocycles. The number of carbonyl (C=O) groups is 2. The second-order valence-electron chi connectivity index (χ2n) is 5.41. The van der Waals surface area contributed by atoms with Gasteiger partial charge in [0.25, 0.3) is 5.91 Å². The summed E-state index contributed by atoms with van der Waals surface area (Å²) >= 11 is 0. The Morgan fingerprint density at radius 3 is 2.45 bits per heavy atom. The maximum absolute atomic E-state index is 12.3. The van der Waals surface area contributed by atoms with Crippen LogP contribution in [0, 0.1) is 0 Å². The zero-order chi connectivity index (χ0) is 16.3. The molecule has 22 heavy (non-hydrogen) atoms. The number of likely N-dealkylation sites (N-methyl/N-ethyl adjacent to an activating group) is 1. The van der Waals surface area contributed by atoms with Gasteiger partial charge in [-0.2, -0.15) is 5.10 Å². The van der Waals surface area contributed by atoms with E-state index in [-0.39, 0.29) is 18.2 Å². The van der Waals surface area contributed by atoms with Crippen molar-refractivity contribution < 1.29 is 14.7 Å². The van der Waals surface area contributed by atoms with Crippen molar-refractivity contribution in [1.82, 2.24) is 14.7 Å². The van der Waals surface area contributed by atoms with Crippen LogP contribution in [0.15, 0.2) is 36.4 Å². The molecule has 0 radical (unpaired) electrons. The molecule has 2 aromatic rings. The van der Waals surface area contributed by atoms with E-state index >= 15 is 0 Å². The molecule has 2 rings (SSSR count). The van der Waals surface area contributed by atoms with E-state index in [1.165, 1.54) is 7.05 Å². The first-order valence-corrected chi connectivity index (χ1v) is 7.02. The van der Waals surface area contributed by atoms with Crippen LogP contribution in [0.3, 0.4) is 0 Å². The van der Waals surface area contributed by atoms with Crippen LogP contribution >= 0.6 is 0 Å². The van der Waals surface area contributed by atoms with Crippen molar-refractivity contribution in [2.24, 2.45) is 0 Å². The van der Waals surface area contributed by atoms with E-state index in [9.17, 15) is 9.59 Å². The SMILES string of the molecule is CC(C)c1cc(C(=O)N(C)CC(=O)O)nn1-c1ccccc1. The first kappa shape index (κ1) is 15.8. The molecule has 0 fully saturated rings. The lowest BCUT2D eigenvalue weighted by atomic mass is 10.1. The molecule has 1 heterocycles. The monoisotopic (exact) mass is 301 g/mol. The molecule has 0 unspecified atom stereocenters. The topological polar surface area (TPSA) is 75.4 Å².